The molecule has 0 heterocycles. The Labute approximate surface area is 100.0 Å². The molecular formula is C13H15BrO. The van der Waals surface area contributed by atoms with Crippen molar-refractivity contribution in [1.29, 1.82) is 0 Å². The fourth-order valence-corrected chi connectivity index (χ4v) is 1.61. The summed E-state index contributed by atoms with van der Waals surface area (Å²) >= 11 is 3.40. The molecule has 0 saturated heterocycles. The van der Waals surface area contributed by atoms with E-state index in [-0.39, 0.29) is 0 Å². The van der Waals surface area contributed by atoms with Crippen LogP contribution in [-0.2, 0) is 0 Å². The average Bonchev–Trinajstić information content (AvgIpc) is 2.29. The molecule has 0 unspecified atom stereocenters. The van der Waals surface area contributed by atoms with Gasteiger partial charge in [0.05, 0.1) is 12.7 Å². The lowest BCUT2D eigenvalue weighted by Gasteiger charge is -2.00. The summed E-state index contributed by atoms with van der Waals surface area (Å²) in [5.41, 5.74) is 0.971. The van der Waals surface area contributed by atoms with Gasteiger partial charge in [0, 0.05) is 11.8 Å². The zero-order valence-electron chi connectivity index (χ0n) is 8.92. The number of para-hydroxylation sites is 1. The van der Waals surface area contributed by atoms with Crippen molar-refractivity contribution in [2.24, 2.45) is 0 Å². The monoisotopic (exact) mass is 266 g/mol. The Kier molecular flexibility index (Phi) is 5.96. The Morgan fingerprint density at radius 1 is 1.27 bits per heavy atom. The van der Waals surface area contributed by atoms with Crippen LogP contribution in [-0.4, -0.2) is 12.4 Å². The summed E-state index contributed by atoms with van der Waals surface area (Å²) in [6.45, 7) is 0. The zero-order chi connectivity index (χ0) is 10.9. The third-order valence-corrected chi connectivity index (χ3v) is 2.58. The second-order valence-electron chi connectivity index (χ2n) is 3.15. The maximum absolute atomic E-state index is 5.21. The molecule has 0 saturated carbocycles. The van der Waals surface area contributed by atoms with Gasteiger partial charge in [-0.2, -0.15) is 0 Å². The lowest BCUT2D eigenvalue weighted by molar-refractivity contribution is 0.413. The van der Waals surface area contributed by atoms with Gasteiger partial charge >= 0.3 is 0 Å². The molecule has 80 valence electrons. The molecule has 1 aromatic carbocycles. The number of methoxy groups -OCH3 is 1. The minimum Gasteiger partial charge on any atom is -0.495 e. The third kappa shape index (κ3) is 4.40. The van der Waals surface area contributed by atoms with Crippen LogP contribution in [0.25, 0.3) is 0 Å². The molecule has 1 rings (SSSR count). The van der Waals surface area contributed by atoms with Gasteiger partial charge in [0.2, 0.25) is 0 Å². The van der Waals surface area contributed by atoms with Gasteiger partial charge in [-0.25, -0.2) is 0 Å². The Hall–Kier alpha value is -0.940. The molecule has 0 aliphatic rings. The average molecular weight is 267 g/mol. The fourth-order valence-electron chi connectivity index (χ4n) is 1.21. The molecule has 0 aliphatic heterocycles. The van der Waals surface area contributed by atoms with Gasteiger partial charge in [-0.05, 0) is 25.0 Å². The highest BCUT2D eigenvalue weighted by molar-refractivity contribution is 9.09. The Bertz CT molecular complexity index is 349. The zero-order valence-corrected chi connectivity index (χ0v) is 10.5. The number of ether oxygens (including phenoxy) is 1. The normalized spacial score (nSPS) is 9.20. The van der Waals surface area contributed by atoms with Crippen molar-refractivity contribution in [1.82, 2.24) is 0 Å². The molecular weight excluding hydrogens is 252 g/mol. The number of benzene rings is 1. The van der Waals surface area contributed by atoms with Crippen molar-refractivity contribution >= 4 is 15.9 Å². The first-order valence-corrected chi connectivity index (χ1v) is 6.18. The molecule has 2 heteroatoms. The van der Waals surface area contributed by atoms with E-state index in [1.165, 1.54) is 6.42 Å². The van der Waals surface area contributed by atoms with Gasteiger partial charge in [-0.3, -0.25) is 0 Å². The van der Waals surface area contributed by atoms with Crippen LogP contribution >= 0.6 is 15.9 Å². The Balaban J connectivity index is 2.55. The van der Waals surface area contributed by atoms with Crippen LogP contribution in [0, 0.1) is 11.8 Å². The highest BCUT2D eigenvalue weighted by Gasteiger charge is 1.95. The van der Waals surface area contributed by atoms with E-state index in [4.69, 9.17) is 4.74 Å². The van der Waals surface area contributed by atoms with Crippen molar-refractivity contribution in [3.63, 3.8) is 0 Å². The summed E-state index contributed by atoms with van der Waals surface area (Å²) in [5, 5.41) is 1.06. The van der Waals surface area contributed by atoms with E-state index in [0.29, 0.717) is 0 Å². The van der Waals surface area contributed by atoms with Crippen LogP contribution in [0.2, 0.25) is 0 Å². The number of hydrogen-bond acceptors (Lipinski definition) is 1. The molecule has 1 nitrogen and oxygen atoms in total. The van der Waals surface area contributed by atoms with Crippen LogP contribution in [0.1, 0.15) is 24.8 Å². The molecule has 0 fully saturated rings. The third-order valence-electron chi connectivity index (χ3n) is 2.02. The Morgan fingerprint density at radius 2 is 2.07 bits per heavy atom. The van der Waals surface area contributed by atoms with Crippen LogP contribution in [0.4, 0.5) is 0 Å². The van der Waals surface area contributed by atoms with Gasteiger partial charge in [0.25, 0.3) is 0 Å². The summed E-state index contributed by atoms with van der Waals surface area (Å²) in [6, 6.07) is 7.85. The Morgan fingerprint density at radius 3 is 2.80 bits per heavy atom. The van der Waals surface area contributed by atoms with Crippen molar-refractivity contribution in [3.05, 3.63) is 29.8 Å². The van der Waals surface area contributed by atoms with Gasteiger partial charge in [-0.1, -0.05) is 39.9 Å². The predicted octanol–water partition coefficient (Wildman–Crippen LogP) is 3.61. The SMILES string of the molecule is COc1ccccc1C#CCCCCBr. The van der Waals surface area contributed by atoms with E-state index in [0.717, 1.165) is 29.5 Å². The fraction of sp³-hybridized carbons (Fsp3) is 0.385. The number of halogens is 1. The predicted molar refractivity (Wildman–Crippen MR) is 67.5 cm³/mol. The van der Waals surface area contributed by atoms with E-state index in [9.17, 15) is 0 Å². The minimum atomic E-state index is 0.852. The van der Waals surface area contributed by atoms with Crippen molar-refractivity contribution in [3.8, 4) is 17.6 Å². The lowest BCUT2D eigenvalue weighted by atomic mass is 10.2. The number of unbranched alkanes of at least 4 members (excludes halogenated alkanes) is 2. The molecule has 15 heavy (non-hydrogen) atoms. The highest BCUT2D eigenvalue weighted by atomic mass is 79.9. The van der Waals surface area contributed by atoms with E-state index < -0.39 is 0 Å². The number of alkyl halides is 1. The summed E-state index contributed by atoms with van der Waals surface area (Å²) < 4.78 is 5.21. The largest absolute Gasteiger partial charge is 0.495 e. The first-order chi connectivity index (χ1) is 7.38. The molecule has 0 bridgehead atoms. The summed E-state index contributed by atoms with van der Waals surface area (Å²) in [6.07, 6.45) is 3.28. The molecule has 1 aromatic rings. The summed E-state index contributed by atoms with van der Waals surface area (Å²) in [4.78, 5) is 0. The number of rotatable bonds is 4. The lowest BCUT2D eigenvalue weighted by Crippen LogP contribution is -1.86. The minimum absolute atomic E-state index is 0.852. The maximum atomic E-state index is 5.21. The van der Waals surface area contributed by atoms with Crippen molar-refractivity contribution in [2.75, 3.05) is 12.4 Å². The van der Waals surface area contributed by atoms with Gasteiger partial charge in [0.1, 0.15) is 5.75 Å². The molecule has 0 N–H and O–H groups in total. The summed E-state index contributed by atoms with van der Waals surface area (Å²) in [7, 11) is 1.67. The van der Waals surface area contributed by atoms with Gasteiger partial charge in [0.15, 0.2) is 0 Å². The first kappa shape index (κ1) is 12.1. The smallest absolute Gasteiger partial charge is 0.134 e. The van der Waals surface area contributed by atoms with E-state index in [1.807, 2.05) is 24.3 Å². The van der Waals surface area contributed by atoms with Crippen molar-refractivity contribution in [2.45, 2.75) is 19.3 Å². The molecule has 0 amide bonds. The van der Waals surface area contributed by atoms with Crippen LogP contribution in [0.15, 0.2) is 24.3 Å². The van der Waals surface area contributed by atoms with Crippen LogP contribution in [0.3, 0.4) is 0 Å². The van der Waals surface area contributed by atoms with Crippen LogP contribution < -0.4 is 4.74 Å². The van der Waals surface area contributed by atoms with E-state index >= 15 is 0 Å². The van der Waals surface area contributed by atoms with E-state index in [1.54, 1.807) is 7.11 Å². The van der Waals surface area contributed by atoms with E-state index in [2.05, 4.69) is 27.8 Å². The molecule has 0 atom stereocenters. The first-order valence-electron chi connectivity index (χ1n) is 5.06. The van der Waals surface area contributed by atoms with Crippen molar-refractivity contribution < 1.29 is 4.74 Å². The second kappa shape index (κ2) is 7.36. The maximum Gasteiger partial charge on any atom is 0.134 e. The summed E-state index contributed by atoms with van der Waals surface area (Å²) in [5.74, 6) is 7.15. The van der Waals surface area contributed by atoms with Gasteiger partial charge in [-0.15, -0.1) is 0 Å². The molecule has 0 radical (unpaired) electrons. The molecule has 0 spiro atoms. The quantitative estimate of drug-likeness (QED) is 0.460. The number of hydrogen-bond donors (Lipinski definition) is 0. The van der Waals surface area contributed by atoms with Crippen LogP contribution in [0.5, 0.6) is 5.75 Å². The highest BCUT2D eigenvalue weighted by Crippen LogP contribution is 2.15. The molecule has 0 aromatic heterocycles. The van der Waals surface area contributed by atoms with Gasteiger partial charge < -0.3 is 4.74 Å². The second-order valence-corrected chi connectivity index (χ2v) is 3.94. The topological polar surface area (TPSA) is 9.23 Å². The standard InChI is InChI=1S/C13H15BrO/c1-15-13-10-6-5-9-12(13)8-4-2-3-7-11-14/h5-6,9-10H,2-3,7,11H2,1H3. The molecule has 0 aliphatic carbocycles.